The second kappa shape index (κ2) is 8.56. The molecule has 2 aromatic rings. The number of nitrogens with zero attached hydrogens (tertiary/aromatic N) is 2. The Bertz CT molecular complexity index is 749. The maximum absolute atomic E-state index is 13.0. The molecule has 0 radical (unpaired) electrons. The van der Waals surface area contributed by atoms with E-state index in [4.69, 9.17) is 0 Å². The number of aromatic nitrogens is 1. The molecule has 0 bridgehead atoms. The van der Waals surface area contributed by atoms with Crippen LogP contribution in [0.15, 0.2) is 48.8 Å². The van der Waals surface area contributed by atoms with E-state index in [1.165, 1.54) is 12.1 Å². The highest BCUT2D eigenvalue weighted by atomic mass is 19.1. The highest BCUT2D eigenvalue weighted by molar-refractivity contribution is 5.82. The first-order valence-electron chi connectivity index (χ1n) is 8.80. The number of nitrogens with one attached hydrogen (secondary N) is 1. The van der Waals surface area contributed by atoms with Gasteiger partial charge in [-0.05, 0) is 42.2 Å². The van der Waals surface area contributed by atoms with E-state index in [1.54, 1.807) is 29.4 Å². The lowest BCUT2D eigenvalue weighted by atomic mass is 9.96. The monoisotopic (exact) mass is 355 g/mol. The fourth-order valence-corrected chi connectivity index (χ4v) is 3.14. The van der Waals surface area contributed by atoms with Gasteiger partial charge < -0.3 is 10.2 Å². The summed E-state index contributed by atoms with van der Waals surface area (Å²) in [6, 6.07) is 9.69. The van der Waals surface area contributed by atoms with Crippen molar-refractivity contribution in [1.82, 2.24) is 15.2 Å². The van der Waals surface area contributed by atoms with Gasteiger partial charge in [0.2, 0.25) is 11.8 Å². The summed E-state index contributed by atoms with van der Waals surface area (Å²) in [5, 5.41) is 2.93. The molecule has 2 heterocycles. The molecule has 0 saturated carbocycles. The largest absolute Gasteiger partial charge is 0.352 e. The Morgan fingerprint density at radius 1 is 1.19 bits per heavy atom. The number of amides is 2. The van der Waals surface area contributed by atoms with Gasteiger partial charge in [-0.3, -0.25) is 14.6 Å². The lowest BCUT2D eigenvalue weighted by Gasteiger charge is -2.32. The lowest BCUT2D eigenvalue weighted by molar-refractivity contribution is -0.135. The zero-order chi connectivity index (χ0) is 18.4. The van der Waals surface area contributed by atoms with E-state index in [9.17, 15) is 14.0 Å². The third kappa shape index (κ3) is 4.88. The standard InChI is InChI=1S/C20H22FN3O2/c21-18-7-5-15(6-8-18)11-19(25)24-10-2-4-17(14-24)20(26)23-13-16-3-1-9-22-12-16/h1,3,5-9,12,17H,2,4,10-11,13-14H2,(H,23,26). The fourth-order valence-electron chi connectivity index (χ4n) is 3.14. The van der Waals surface area contributed by atoms with Gasteiger partial charge >= 0.3 is 0 Å². The molecule has 1 fully saturated rings. The number of benzene rings is 1. The Hall–Kier alpha value is -2.76. The molecule has 26 heavy (non-hydrogen) atoms. The minimum Gasteiger partial charge on any atom is -0.352 e. The number of carbonyl (C=O) groups is 2. The molecule has 1 aliphatic rings. The zero-order valence-corrected chi connectivity index (χ0v) is 14.5. The summed E-state index contributed by atoms with van der Waals surface area (Å²) in [5.74, 6) is -0.573. The van der Waals surface area contributed by atoms with Crippen molar-refractivity contribution >= 4 is 11.8 Å². The molecule has 1 N–H and O–H groups in total. The van der Waals surface area contributed by atoms with Gasteiger partial charge in [-0.1, -0.05) is 18.2 Å². The van der Waals surface area contributed by atoms with Crippen molar-refractivity contribution in [2.75, 3.05) is 13.1 Å². The summed E-state index contributed by atoms with van der Waals surface area (Å²) in [5.41, 5.74) is 1.72. The number of hydrogen-bond donors (Lipinski definition) is 1. The molecule has 136 valence electrons. The number of piperidine rings is 1. The van der Waals surface area contributed by atoms with Crippen LogP contribution in [0.3, 0.4) is 0 Å². The van der Waals surface area contributed by atoms with Gasteiger partial charge in [0.1, 0.15) is 5.82 Å². The van der Waals surface area contributed by atoms with Crippen LogP contribution in [0.2, 0.25) is 0 Å². The van der Waals surface area contributed by atoms with E-state index in [-0.39, 0.29) is 30.0 Å². The highest BCUT2D eigenvalue weighted by Crippen LogP contribution is 2.18. The van der Waals surface area contributed by atoms with Crippen LogP contribution in [-0.4, -0.2) is 34.8 Å². The van der Waals surface area contributed by atoms with Crippen molar-refractivity contribution in [3.8, 4) is 0 Å². The van der Waals surface area contributed by atoms with Gasteiger partial charge in [0, 0.05) is 32.0 Å². The normalized spacial score (nSPS) is 17.0. The van der Waals surface area contributed by atoms with Gasteiger partial charge in [-0.25, -0.2) is 4.39 Å². The number of likely N-dealkylation sites (tertiary alicyclic amines) is 1. The smallest absolute Gasteiger partial charge is 0.227 e. The van der Waals surface area contributed by atoms with Gasteiger partial charge in [0.15, 0.2) is 0 Å². The molecule has 1 unspecified atom stereocenters. The van der Waals surface area contributed by atoms with Crippen molar-refractivity contribution in [3.63, 3.8) is 0 Å². The predicted molar refractivity (Wildman–Crippen MR) is 95.5 cm³/mol. The van der Waals surface area contributed by atoms with E-state index in [0.29, 0.717) is 19.6 Å². The number of pyridine rings is 1. The van der Waals surface area contributed by atoms with Crippen molar-refractivity contribution in [2.45, 2.75) is 25.8 Å². The maximum Gasteiger partial charge on any atom is 0.227 e. The molecule has 0 aliphatic carbocycles. The average molecular weight is 355 g/mol. The zero-order valence-electron chi connectivity index (χ0n) is 14.5. The van der Waals surface area contributed by atoms with Gasteiger partial charge in [-0.15, -0.1) is 0 Å². The van der Waals surface area contributed by atoms with Crippen LogP contribution in [-0.2, 0) is 22.6 Å². The first-order chi connectivity index (χ1) is 12.6. The summed E-state index contributed by atoms with van der Waals surface area (Å²) in [6.45, 7) is 1.53. The molecular formula is C20H22FN3O2. The van der Waals surface area contributed by atoms with Crippen LogP contribution in [0.5, 0.6) is 0 Å². The Labute approximate surface area is 152 Å². The molecule has 1 aromatic carbocycles. The van der Waals surface area contributed by atoms with Crippen LogP contribution < -0.4 is 5.32 Å². The van der Waals surface area contributed by atoms with Crippen LogP contribution >= 0.6 is 0 Å². The number of halogens is 1. The molecule has 1 aliphatic heterocycles. The molecule has 0 spiro atoms. The molecule has 3 rings (SSSR count). The van der Waals surface area contributed by atoms with Gasteiger partial charge in [0.05, 0.1) is 12.3 Å². The van der Waals surface area contributed by atoms with Gasteiger partial charge in [-0.2, -0.15) is 0 Å². The molecule has 2 amide bonds. The van der Waals surface area contributed by atoms with Crippen molar-refractivity contribution in [3.05, 3.63) is 65.7 Å². The van der Waals surface area contributed by atoms with Crippen molar-refractivity contribution in [2.24, 2.45) is 5.92 Å². The SMILES string of the molecule is O=C(NCc1cccnc1)C1CCCN(C(=O)Cc2ccc(F)cc2)C1. The topological polar surface area (TPSA) is 62.3 Å². The van der Waals surface area contributed by atoms with Crippen molar-refractivity contribution in [1.29, 1.82) is 0 Å². The Kier molecular flexibility index (Phi) is 5.94. The molecule has 6 heteroatoms. The lowest BCUT2D eigenvalue weighted by Crippen LogP contribution is -2.45. The Morgan fingerprint density at radius 3 is 2.73 bits per heavy atom. The minimum absolute atomic E-state index is 0.0265. The minimum atomic E-state index is -0.315. The van der Waals surface area contributed by atoms with E-state index in [0.717, 1.165) is 24.0 Å². The van der Waals surface area contributed by atoms with E-state index in [1.807, 2.05) is 12.1 Å². The first-order valence-corrected chi connectivity index (χ1v) is 8.80. The van der Waals surface area contributed by atoms with Crippen LogP contribution in [0.4, 0.5) is 4.39 Å². The van der Waals surface area contributed by atoms with Gasteiger partial charge in [0.25, 0.3) is 0 Å². The van der Waals surface area contributed by atoms with E-state index >= 15 is 0 Å². The summed E-state index contributed by atoms with van der Waals surface area (Å²) in [4.78, 5) is 30.7. The number of hydrogen-bond acceptors (Lipinski definition) is 3. The van der Waals surface area contributed by atoms with E-state index in [2.05, 4.69) is 10.3 Å². The maximum atomic E-state index is 13.0. The third-order valence-corrected chi connectivity index (χ3v) is 4.60. The quantitative estimate of drug-likeness (QED) is 0.895. The molecule has 1 atom stereocenters. The second-order valence-corrected chi connectivity index (χ2v) is 6.56. The Balaban J connectivity index is 1.52. The summed E-state index contributed by atoms with van der Waals surface area (Å²) in [6.07, 6.45) is 5.22. The number of rotatable bonds is 5. The van der Waals surface area contributed by atoms with E-state index < -0.39 is 0 Å². The highest BCUT2D eigenvalue weighted by Gasteiger charge is 2.28. The first kappa shape index (κ1) is 18.0. The molecule has 1 saturated heterocycles. The molecular weight excluding hydrogens is 333 g/mol. The Morgan fingerprint density at radius 2 is 2.00 bits per heavy atom. The second-order valence-electron chi connectivity index (χ2n) is 6.56. The molecule has 1 aromatic heterocycles. The van der Waals surface area contributed by atoms with Crippen LogP contribution in [0, 0.1) is 11.7 Å². The fraction of sp³-hybridized carbons (Fsp3) is 0.350. The molecule has 5 nitrogen and oxygen atoms in total. The van der Waals surface area contributed by atoms with Crippen molar-refractivity contribution < 1.29 is 14.0 Å². The summed E-state index contributed by atoms with van der Waals surface area (Å²) >= 11 is 0. The summed E-state index contributed by atoms with van der Waals surface area (Å²) in [7, 11) is 0. The number of carbonyl (C=O) groups excluding carboxylic acids is 2. The third-order valence-electron chi connectivity index (χ3n) is 4.60. The summed E-state index contributed by atoms with van der Waals surface area (Å²) < 4.78 is 13.0. The van der Waals surface area contributed by atoms with Crippen LogP contribution in [0.25, 0.3) is 0 Å². The average Bonchev–Trinajstić information content (AvgIpc) is 2.69. The predicted octanol–water partition coefficient (Wildman–Crippen LogP) is 2.32. The van der Waals surface area contributed by atoms with Crippen LogP contribution in [0.1, 0.15) is 24.0 Å².